The maximum atomic E-state index is 6.50. The van der Waals surface area contributed by atoms with Crippen LogP contribution in [0, 0.1) is 0 Å². The summed E-state index contributed by atoms with van der Waals surface area (Å²) in [7, 11) is 0. The molecule has 2 aliphatic rings. The number of para-hydroxylation sites is 2. The predicted octanol–water partition coefficient (Wildman–Crippen LogP) is 9.96. The van der Waals surface area contributed by atoms with Crippen LogP contribution >= 0.6 is 0 Å². The first kappa shape index (κ1) is 23.1. The number of hydrogen-bond acceptors (Lipinski definition) is 3. The molecule has 0 spiro atoms. The van der Waals surface area contributed by atoms with Gasteiger partial charge in [0.1, 0.15) is 5.75 Å². The topological polar surface area (TPSA) is 39.9 Å². The van der Waals surface area contributed by atoms with E-state index in [1.807, 2.05) is 18.2 Å². The molecule has 0 fully saturated rings. The van der Waals surface area contributed by atoms with Crippen LogP contribution in [-0.2, 0) is 5.41 Å². The van der Waals surface area contributed by atoms with E-state index in [-0.39, 0.29) is 5.41 Å². The summed E-state index contributed by atoms with van der Waals surface area (Å²) in [5, 5.41) is 5.91. The number of benzene rings is 6. The number of hydrogen-bond donors (Lipinski definition) is 0. The van der Waals surface area contributed by atoms with Crippen molar-refractivity contribution >= 4 is 43.5 Å². The molecule has 1 aliphatic carbocycles. The van der Waals surface area contributed by atoms with Crippen molar-refractivity contribution in [2.75, 3.05) is 0 Å². The molecule has 4 heteroatoms. The van der Waals surface area contributed by atoms with Gasteiger partial charge in [-0.15, -0.1) is 0 Å². The van der Waals surface area contributed by atoms with Crippen LogP contribution in [0.5, 0.6) is 11.6 Å². The van der Waals surface area contributed by atoms with Gasteiger partial charge in [-0.3, -0.25) is 4.57 Å². The van der Waals surface area contributed by atoms with E-state index in [0.29, 0.717) is 11.8 Å². The molecule has 43 heavy (non-hydrogen) atoms. The summed E-state index contributed by atoms with van der Waals surface area (Å²) in [5.74, 6) is 2.03. The third-order valence-corrected chi connectivity index (χ3v) is 9.58. The van der Waals surface area contributed by atoms with Crippen molar-refractivity contribution in [3.63, 3.8) is 0 Å². The maximum absolute atomic E-state index is 6.50. The lowest BCUT2D eigenvalue weighted by molar-refractivity contribution is 0.466. The first-order valence-corrected chi connectivity index (χ1v) is 14.8. The molecule has 202 valence electrons. The van der Waals surface area contributed by atoms with Gasteiger partial charge in [0.2, 0.25) is 11.8 Å². The molecule has 0 bridgehead atoms. The number of fused-ring (bicyclic) bond motifs is 12. The van der Waals surface area contributed by atoms with Crippen LogP contribution < -0.4 is 4.74 Å². The Hall–Kier alpha value is -5.48. The summed E-state index contributed by atoms with van der Waals surface area (Å²) in [6, 6.07) is 40.8. The standard InChI is InChI=1S/C39H25N3O/c1-39(2)28-18-8-5-15-26(28)32-24-13-3-4-14-25(24)33-27-16-6-9-20-30(27)42(36(33)35(32)39)38-40-29-19-11-17-23-22-12-7-10-21-31(22)43-37(41-38)34(23)29/h3-21H,1-2H3. The lowest BCUT2D eigenvalue weighted by Crippen LogP contribution is -2.17. The molecule has 8 aromatic rings. The van der Waals surface area contributed by atoms with Gasteiger partial charge in [-0.2, -0.15) is 4.98 Å². The Morgan fingerprint density at radius 3 is 2.19 bits per heavy atom. The molecule has 0 radical (unpaired) electrons. The molecule has 3 heterocycles. The van der Waals surface area contributed by atoms with Crippen LogP contribution in [-0.4, -0.2) is 14.5 Å². The van der Waals surface area contributed by atoms with Gasteiger partial charge in [-0.05, 0) is 51.2 Å². The minimum Gasteiger partial charge on any atom is -0.438 e. The van der Waals surface area contributed by atoms with Gasteiger partial charge in [-0.1, -0.05) is 111 Å². The second kappa shape index (κ2) is 7.87. The molecule has 1 aliphatic heterocycles. The third kappa shape index (κ3) is 2.81. The van der Waals surface area contributed by atoms with Gasteiger partial charge < -0.3 is 4.74 Å². The molecule has 0 unspecified atom stereocenters. The number of aromatic nitrogens is 3. The lowest BCUT2D eigenvalue weighted by Gasteiger charge is -2.24. The van der Waals surface area contributed by atoms with E-state index < -0.39 is 0 Å². The van der Waals surface area contributed by atoms with Crippen molar-refractivity contribution in [3.8, 4) is 39.8 Å². The lowest BCUT2D eigenvalue weighted by atomic mass is 9.80. The number of rotatable bonds is 1. The van der Waals surface area contributed by atoms with Crippen LogP contribution in [0.1, 0.15) is 25.0 Å². The van der Waals surface area contributed by atoms with Crippen molar-refractivity contribution in [2.45, 2.75) is 19.3 Å². The molecule has 6 aromatic carbocycles. The van der Waals surface area contributed by atoms with Gasteiger partial charge >= 0.3 is 0 Å². The van der Waals surface area contributed by atoms with Gasteiger partial charge in [-0.25, -0.2) is 4.98 Å². The minimum atomic E-state index is -0.228. The third-order valence-electron chi connectivity index (χ3n) is 9.58. The Morgan fingerprint density at radius 2 is 1.30 bits per heavy atom. The Labute approximate surface area is 247 Å². The fourth-order valence-electron chi connectivity index (χ4n) is 7.82. The first-order chi connectivity index (χ1) is 21.1. The monoisotopic (exact) mass is 551 g/mol. The second-order valence-corrected chi connectivity index (χ2v) is 12.2. The molecule has 0 N–H and O–H groups in total. The molecular weight excluding hydrogens is 526 g/mol. The van der Waals surface area contributed by atoms with E-state index >= 15 is 0 Å². The van der Waals surface area contributed by atoms with Gasteiger partial charge in [0.15, 0.2) is 0 Å². The summed E-state index contributed by atoms with van der Waals surface area (Å²) < 4.78 is 8.79. The SMILES string of the molecule is CC1(C)c2ccccc2-c2c1c1c(c3ccccc23)c2ccccc2n1-c1nc2c3c(cccc3n1)-c1ccccc1O2. The summed E-state index contributed by atoms with van der Waals surface area (Å²) >= 11 is 0. The quantitative estimate of drug-likeness (QED) is 0.204. The van der Waals surface area contributed by atoms with Crippen LogP contribution in [0.2, 0.25) is 0 Å². The maximum Gasteiger partial charge on any atom is 0.238 e. The highest BCUT2D eigenvalue weighted by Gasteiger charge is 2.40. The van der Waals surface area contributed by atoms with E-state index in [0.717, 1.165) is 38.8 Å². The highest BCUT2D eigenvalue weighted by Crippen LogP contribution is 2.56. The highest BCUT2D eigenvalue weighted by molar-refractivity contribution is 6.26. The van der Waals surface area contributed by atoms with Gasteiger partial charge in [0, 0.05) is 27.3 Å². The first-order valence-electron chi connectivity index (χ1n) is 14.8. The molecule has 0 saturated carbocycles. The van der Waals surface area contributed by atoms with E-state index in [2.05, 4.69) is 115 Å². The molecule has 0 saturated heterocycles. The van der Waals surface area contributed by atoms with Crippen LogP contribution in [0.15, 0.2) is 115 Å². The molecule has 4 nitrogen and oxygen atoms in total. The van der Waals surface area contributed by atoms with E-state index in [1.54, 1.807) is 0 Å². The Bertz CT molecular complexity index is 2520. The van der Waals surface area contributed by atoms with Crippen LogP contribution in [0.25, 0.3) is 71.7 Å². The van der Waals surface area contributed by atoms with E-state index in [1.165, 1.54) is 43.8 Å². The van der Waals surface area contributed by atoms with Crippen LogP contribution in [0.4, 0.5) is 0 Å². The Morgan fingerprint density at radius 1 is 0.605 bits per heavy atom. The predicted molar refractivity (Wildman–Crippen MR) is 174 cm³/mol. The molecule has 0 atom stereocenters. The molecule has 10 rings (SSSR count). The average molecular weight is 552 g/mol. The largest absolute Gasteiger partial charge is 0.438 e. The number of nitrogens with zero attached hydrogens (tertiary/aromatic N) is 3. The van der Waals surface area contributed by atoms with Gasteiger partial charge in [0.05, 0.1) is 21.9 Å². The number of ether oxygens (including phenoxy) is 1. The summed E-state index contributed by atoms with van der Waals surface area (Å²) in [6.07, 6.45) is 0. The van der Waals surface area contributed by atoms with E-state index in [4.69, 9.17) is 14.7 Å². The summed E-state index contributed by atoms with van der Waals surface area (Å²) in [5.41, 5.74) is 10.3. The van der Waals surface area contributed by atoms with Crippen molar-refractivity contribution in [3.05, 3.63) is 126 Å². The van der Waals surface area contributed by atoms with Crippen molar-refractivity contribution in [2.24, 2.45) is 0 Å². The Balaban J connectivity index is 1.41. The summed E-state index contributed by atoms with van der Waals surface area (Å²) in [4.78, 5) is 10.5. The average Bonchev–Trinajstić information content (AvgIpc) is 3.51. The molecule has 0 amide bonds. The molecular formula is C39H25N3O. The zero-order chi connectivity index (χ0) is 28.4. The minimum absolute atomic E-state index is 0.228. The zero-order valence-corrected chi connectivity index (χ0v) is 23.7. The normalized spacial score (nSPS) is 14.2. The second-order valence-electron chi connectivity index (χ2n) is 12.2. The fourth-order valence-corrected chi connectivity index (χ4v) is 7.82. The smallest absolute Gasteiger partial charge is 0.238 e. The molecule has 2 aromatic heterocycles. The highest BCUT2D eigenvalue weighted by atomic mass is 16.5. The summed E-state index contributed by atoms with van der Waals surface area (Å²) in [6.45, 7) is 4.70. The van der Waals surface area contributed by atoms with Crippen molar-refractivity contribution < 1.29 is 4.74 Å². The van der Waals surface area contributed by atoms with E-state index in [9.17, 15) is 0 Å². The fraction of sp³-hybridized carbons (Fsp3) is 0.0769. The van der Waals surface area contributed by atoms with Crippen LogP contribution in [0.3, 0.4) is 0 Å². The van der Waals surface area contributed by atoms with Crippen molar-refractivity contribution in [1.82, 2.24) is 14.5 Å². The van der Waals surface area contributed by atoms with Crippen molar-refractivity contribution in [1.29, 1.82) is 0 Å². The zero-order valence-electron chi connectivity index (χ0n) is 23.7. The Kier molecular flexibility index (Phi) is 4.23. The van der Waals surface area contributed by atoms with Gasteiger partial charge in [0.25, 0.3) is 0 Å².